The Balaban J connectivity index is 1.38. The van der Waals surface area contributed by atoms with Crippen LogP contribution in [0.3, 0.4) is 0 Å². The zero-order valence-corrected chi connectivity index (χ0v) is 15.9. The molecule has 3 aliphatic heterocycles. The molecule has 1 aromatic heterocycles. The summed E-state index contributed by atoms with van der Waals surface area (Å²) in [6.07, 6.45) is -1.23. The van der Waals surface area contributed by atoms with Crippen molar-refractivity contribution in [1.82, 2.24) is 15.2 Å². The van der Waals surface area contributed by atoms with Gasteiger partial charge in [0.05, 0.1) is 6.20 Å². The number of alkyl halides is 3. The van der Waals surface area contributed by atoms with Crippen LogP contribution < -0.4 is 10.1 Å². The van der Waals surface area contributed by atoms with Crippen LogP contribution in [0.2, 0.25) is 0 Å². The summed E-state index contributed by atoms with van der Waals surface area (Å²) in [6, 6.07) is 9.10. The molecule has 0 aliphatic carbocycles. The zero-order valence-electron chi connectivity index (χ0n) is 15.9. The molecule has 2 bridgehead atoms. The van der Waals surface area contributed by atoms with E-state index in [0.717, 1.165) is 38.2 Å². The van der Waals surface area contributed by atoms with Gasteiger partial charge >= 0.3 is 6.18 Å². The van der Waals surface area contributed by atoms with Crippen LogP contribution in [0.15, 0.2) is 42.6 Å². The summed E-state index contributed by atoms with van der Waals surface area (Å²) in [6.45, 7) is 4.36. The van der Waals surface area contributed by atoms with Crippen molar-refractivity contribution in [3.63, 3.8) is 0 Å². The minimum Gasteiger partial charge on any atom is -0.456 e. The third-order valence-electron chi connectivity index (χ3n) is 5.85. The first-order chi connectivity index (χ1) is 13.8. The Morgan fingerprint density at radius 1 is 1.10 bits per heavy atom. The maximum absolute atomic E-state index is 12.6. The fraction of sp³-hybridized carbons (Fsp3) is 0.429. The van der Waals surface area contributed by atoms with Gasteiger partial charge < -0.3 is 10.1 Å². The van der Waals surface area contributed by atoms with Gasteiger partial charge in [-0.2, -0.15) is 13.2 Å². The minimum absolute atomic E-state index is 0.127. The second kappa shape index (κ2) is 7.67. The minimum atomic E-state index is -4.49. The van der Waals surface area contributed by atoms with Gasteiger partial charge in [-0.1, -0.05) is 0 Å². The Hall–Kier alpha value is -2.61. The number of hydrogen-bond donors (Lipinski definition) is 1. The van der Waals surface area contributed by atoms with Gasteiger partial charge in [-0.05, 0) is 75.2 Å². The van der Waals surface area contributed by atoms with Crippen molar-refractivity contribution in [2.75, 3.05) is 13.1 Å². The third-order valence-corrected chi connectivity index (χ3v) is 5.85. The van der Waals surface area contributed by atoms with Crippen LogP contribution in [0.25, 0.3) is 0 Å². The fourth-order valence-electron chi connectivity index (χ4n) is 4.20. The maximum Gasteiger partial charge on any atom is 0.433 e. The highest BCUT2D eigenvalue weighted by Crippen LogP contribution is 2.32. The molecule has 2 atom stereocenters. The molecule has 1 N–H and O–H groups in total. The molecule has 4 heterocycles. The number of ether oxygens (including phenoxy) is 1. The number of nitrogens with zero attached hydrogens (tertiary/aromatic N) is 2. The number of hydrogen-bond acceptors (Lipinski definition) is 4. The molecule has 1 amide bonds. The molecule has 0 spiro atoms. The number of halogens is 3. The van der Waals surface area contributed by atoms with Crippen molar-refractivity contribution in [1.29, 1.82) is 0 Å². The summed E-state index contributed by atoms with van der Waals surface area (Å²) in [4.78, 5) is 18.4. The lowest BCUT2D eigenvalue weighted by Crippen LogP contribution is -2.62. The van der Waals surface area contributed by atoms with Gasteiger partial charge in [0.2, 0.25) is 0 Å². The van der Waals surface area contributed by atoms with Gasteiger partial charge in [-0.3, -0.25) is 9.69 Å². The number of rotatable bonds is 4. The quantitative estimate of drug-likeness (QED) is 0.832. The predicted octanol–water partition coefficient (Wildman–Crippen LogP) is 4.11. The van der Waals surface area contributed by atoms with Crippen LogP contribution >= 0.6 is 0 Å². The SMILES string of the molecule is C[C@H]1[C@H](NC(=O)c2ccc(Oc3ccc(C(F)(F)F)nc3)cc2)C2CCN1CC2. The molecule has 0 radical (unpaired) electrons. The van der Waals surface area contributed by atoms with E-state index in [9.17, 15) is 18.0 Å². The van der Waals surface area contributed by atoms with Crippen molar-refractivity contribution in [3.8, 4) is 11.5 Å². The van der Waals surface area contributed by atoms with E-state index in [1.165, 1.54) is 6.07 Å². The fourth-order valence-corrected chi connectivity index (χ4v) is 4.20. The molecule has 0 unspecified atom stereocenters. The lowest BCUT2D eigenvalue weighted by Gasteiger charge is -2.49. The monoisotopic (exact) mass is 405 g/mol. The van der Waals surface area contributed by atoms with Gasteiger partial charge in [0.1, 0.15) is 17.2 Å². The van der Waals surface area contributed by atoms with E-state index >= 15 is 0 Å². The Labute approximate surface area is 166 Å². The number of benzene rings is 1. The molecule has 2 aromatic rings. The number of nitrogens with one attached hydrogen (secondary N) is 1. The van der Waals surface area contributed by atoms with Crippen molar-refractivity contribution < 1.29 is 22.7 Å². The normalized spacial score (nSPS) is 26.2. The van der Waals surface area contributed by atoms with Crippen molar-refractivity contribution >= 4 is 5.91 Å². The smallest absolute Gasteiger partial charge is 0.433 e. The van der Waals surface area contributed by atoms with E-state index in [-0.39, 0.29) is 17.7 Å². The number of pyridine rings is 1. The van der Waals surface area contributed by atoms with Gasteiger partial charge in [0.15, 0.2) is 0 Å². The molecule has 1 aromatic carbocycles. The van der Waals surface area contributed by atoms with Crippen molar-refractivity contribution in [2.45, 2.75) is 38.0 Å². The van der Waals surface area contributed by atoms with E-state index in [2.05, 4.69) is 22.1 Å². The van der Waals surface area contributed by atoms with Crippen LogP contribution in [-0.2, 0) is 6.18 Å². The molecule has 0 saturated carbocycles. The van der Waals surface area contributed by atoms with Crippen molar-refractivity contribution in [2.24, 2.45) is 5.92 Å². The summed E-state index contributed by atoms with van der Waals surface area (Å²) in [7, 11) is 0. The third kappa shape index (κ3) is 4.22. The second-order valence-electron chi connectivity index (χ2n) is 7.62. The summed E-state index contributed by atoms with van der Waals surface area (Å²) in [5.41, 5.74) is -0.453. The standard InChI is InChI=1S/C21H22F3N3O2/c1-13-19(14-8-10-27(13)11-9-14)26-20(28)15-2-4-16(5-3-15)29-17-6-7-18(25-12-17)21(22,23)24/h2-7,12-14,19H,8-11H2,1H3,(H,26,28)/t13-,19-/m0/s1. The summed E-state index contributed by atoms with van der Waals surface area (Å²) in [5.74, 6) is 1.00. The summed E-state index contributed by atoms with van der Waals surface area (Å²) < 4.78 is 43.2. The molecule has 8 heteroatoms. The van der Waals surface area contributed by atoms with Crippen LogP contribution in [0.1, 0.15) is 35.8 Å². The molecule has 3 aliphatic rings. The first kappa shape index (κ1) is 19.7. The van der Waals surface area contributed by atoms with Gasteiger partial charge in [0, 0.05) is 17.6 Å². The molecule has 5 rings (SSSR count). The molecule has 154 valence electrons. The average molecular weight is 405 g/mol. The number of aromatic nitrogens is 1. The topological polar surface area (TPSA) is 54.5 Å². The number of carbonyl (C=O) groups is 1. The lowest BCUT2D eigenvalue weighted by atomic mass is 9.79. The van der Waals surface area contributed by atoms with Gasteiger partial charge in [-0.25, -0.2) is 4.98 Å². The molecule has 5 nitrogen and oxygen atoms in total. The molecular formula is C21H22F3N3O2. The van der Waals surface area contributed by atoms with Crippen LogP contribution in [-0.4, -0.2) is 41.0 Å². The van der Waals surface area contributed by atoms with Crippen molar-refractivity contribution in [3.05, 3.63) is 53.9 Å². The van der Waals surface area contributed by atoms with Crippen LogP contribution in [0, 0.1) is 5.92 Å². The van der Waals surface area contributed by atoms with E-state index in [4.69, 9.17) is 4.74 Å². The van der Waals surface area contributed by atoms with Crippen LogP contribution in [0.4, 0.5) is 13.2 Å². The highest BCUT2D eigenvalue weighted by atomic mass is 19.4. The Bertz CT molecular complexity index is 858. The van der Waals surface area contributed by atoms with E-state index < -0.39 is 11.9 Å². The molecule has 3 saturated heterocycles. The van der Waals surface area contributed by atoms with E-state index in [1.807, 2.05) is 0 Å². The Morgan fingerprint density at radius 3 is 2.31 bits per heavy atom. The van der Waals surface area contributed by atoms with Crippen LogP contribution in [0.5, 0.6) is 11.5 Å². The highest BCUT2D eigenvalue weighted by molar-refractivity contribution is 5.94. The Kier molecular flexibility index (Phi) is 5.21. The maximum atomic E-state index is 12.6. The number of piperidine rings is 3. The Morgan fingerprint density at radius 2 is 1.76 bits per heavy atom. The van der Waals surface area contributed by atoms with Gasteiger partial charge in [0.25, 0.3) is 5.91 Å². The number of fused-ring (bicyclic) bond motifs is 3. The number of carbonyl (C=O) groups excluding carboxylic acids is 1. The highest BCUT2D eigenvalue weighted by Gasteiger charge is 2.40. The average Bonchev–Trinajstić information content (AvgIpc) is 2.71. The second-order valence-corrected chi connectivity index (χ2v) is 7.62. The largest absolute Gasteiger partial charge is 0.456 e. The molecule has 29 heavy (non-hydrogen) atoms. The number of amides is 1. The summed E-state index contributed by atoms with van der Waals surface area (Å²) in [5, 5.41) is 3.17. The summed E-state index contributed by atoms with van der Waals surface area (Å²) >= 11 is 0. The van der Waals surface area contributed by atoms with Gasteiger partial charge in [-0.15, -0.1) is 0 Å². The molecular weight excluding hydrogens is 383 g/mol. The first-order valence-corrected chi connectivity index (χ1v) is 9.67. The molecule has 3 fully saturated rings. The first-order valence-electron chi connectivity index (χ1n) is 9.67. The lowest BCUT2D eigenvalue weighted by molar-refractivity contribution is -0.141. The zero-order chi connectivity index (χ0) is 20.6. The van der Waals surface area contributed by atoms with E-state index in [0.29, 0.717) is 23.3 Å². The van der Waals surface area contributed by atoms with E-state index in [1.54, 1.807) is 24.3 Å². The predicted molar refractivity (Wildman–Crippen MR) is 101 cm³/mol.